The standard InChI is InChI=1S/C13H15Br2N5/c1-7(2)10-12(17-6-18-13(10)20-16)19-11-8(14)4-3-5-9(11)15/h3-7H,16H2,1-2H3,(H2,17,18,19,20). The minimum atomic E-state index is 0.228. The number of anilines is 3. The average molecular weight is 401 g/mol. The van der Waals surface area contributed by atoms with Crippen molar-refractivity contribution >= 4 is 49.2 Å². The van der Waals surface area contributed by atoms with Crippen LogP contribution >= 0.6 is 31.9 Å². The molecule has 5 nitrogen and oxygen atoms in total. The molecule has 0 saturated carbocycles. The SMILES string of the molecule is CC(C)c1c(NN)ncnc1Nc1c(Br)cccc1Br. The number of para-hydroxylation sites is 1. The van der Waals surface area contributed by atoms with Crippen LogP contribution in [-0.4, -0.2) is 9.97 Å². The van der Waals surface area contributed by atoms with Gasteiger partial charge in [-0.15, -0.1) is 0 Å². The number of rotatable bonds is 4. The van der Waals surface area contributed by atoms with Crippen LogP contribution in [0.15, 0.2) is 33.5 Å². The quantitative estimate of drug-likeness (QED) is 0.530. The molecule has 0 amide bonds. The fourth-order valence-corrected chi connectivity index (χ4v) is 3.09. The van der Waals surface area contributed by atoms with Crippen LogP contribution in [0.3, 0.4) is 0 Å². The lowest BCUT2D eigenvalue weighted by Gasteiger charge is -2.17. The second kappa shape index (κ2) is 6.51. The van der Waals surface area contributed by atoms with Crippen molar-refractivity contribution in [2.75, 3.05) is 10.7 Å². The van der Waals surface area contributed by atoms with Crippen LogP contribution in [0.1, 0.15) is 25.3 Å². The van der Waals surface area contributed by atoms with Crippen molar-refractivity contribution in [3.8, 4) is 0 Å². The summed E-state index contributed by atoms with van der Waals surface area (Å²) >= 11 is 7.05. The highest BCUT2D eigenvalue weighted by Gasteiger charge is 2.16. The molecule has 7 heteroatoms. The number of nitrogen functional groups attached to an aromatic ring is 1. The third kappa shape index (κ3) is 3.11. The molecule has 1 heterocycles. The molecule has 0 aliphatic rings. The minimum absolute atomic E-state index is 0.228. The normalized spacial score (nSPS) is 10.7. The molecule has 0 aliphatic heterocycles. The van der Waals surface area contributed by atoms with E-state index >= 15 is 0 Å². The molecule has 4 N–H and O–H groups in total. The highest BCUT2D eigenvalue weighted by molar-refractivity contribution is 9.11. The van der Waals surface area contributed by atoms with Crippen LogP contribution in [0, 0.1) is 0 Å². The van der Waals surface area contributed by atoms with Gasteiger partial charge < -0.3 is 10.7 Å². The molecule has 106 valence electrons. The van der Waals surface area contributed by atoms with E-state index in [-0.39, 0.29) is 5.92 Å². The van der Waals surface area contributed by atoms with Gasteiger partial charge in [-0.25, -0.2) is 15.8 Å². The number of hydrogen-bond acceptors (Lipinski definition) is 5. The summed E-state index contributed by atoms with van der Waals surface area (Å²) in [6, 6.07) is 5.88. The summed E-state index contributed by atoms with van der Waals surface area (Å²) in [6.07, 6.45) is 1.48. The molecule has 1 aromatic carbocycles. The van der Waals surface area contributed by atoms with E-state index < -0.39 is 0 Å². The number of aromatic nitrogens is 2. The number of nitrogens with one attached hydrogen (secondary N) is 2. The summed E-state index contributed by atoms with van der Waals surface area (Å²) in [5, 5.41) is 3.32. The second-order valence-electron chi connectivity index (χ2n) is 4.51. The first kappa shape index (κ1) is 15.2. The molecule has 0 spiro atoms. The summed E-state index contributed by atoms with van der Waals surface area (Å²) in [5.41, 5.74) is 4.47. The molecule has 2 rings (SSSR count). The number of hydrogen-bond donors (Lipinski definition) is 3. The molecule has 0 radical (unpaired) electrons. The van der Waals surface area contributed by atoms with Gasteiger partial charge in [0.05, 0.1) is 5.69 Å². The third-order valence-electron chi connectivity index (χ3n) is 2.80. The van der Waals surface area contributed by atoms with Gasteiger partial charge in [-0.05, 0) is 49.9 Å². The molecule has 0 atom stereocenters. The number of halogens is 2. The Balaban J connectivity index is 2.49. The highest BCUT2D eigenvalue weighted by atomic mass is 79.9. The first-order valence-corrected chi connectivity index (χ1v) is 7.65. The Hall–Kier alpha value is -1.18. The fraction of sp³-hybridized carbons (Fsp3) is 0.231. The lowest BCUT2D eigenvalue weighted by Crippen LogP contribution is -2.14. The van der Waals surface area contributed by atoms with Gasteiger partial charge in [0.25, 0.3) is 0 Å². The van der Waals surface area contributed by atoms with Crippen molar-refractivity contribution in [1.82, 2.24) is 9.97 Å². The smallest absolute Gasteiger partial charge is 0.148 e. The van der Waals surface area contributed by atoms with E-state index in [0.29, 0.717) is 5.82 Å². The summed E-state index contributed by atoms with van der Waals surface area (Å²) in [5.74, 6) is 7.11. The van der Waals surface area contributed by atoms with Crippen LogP contribution in [0.2, 0.25) is 0 Å². The van der Waals surface area contributed by atoms with Gasteiger partial charge in [-0.2, -0.15) is 0 Å². The van der Waals surface area contributed by atoms with E-state index in [1.165, 1.54) is 6.33 Å². The van der Waals surface area contributed by atoms with Crippen molar-refractivity contribution in [2.24, 2.45) is 5.84 Å². The van der Waals surface area contributed by atoms with Gasteiger partial charge in [0, 0.05) is 14.5 Å². The maximum Gasteiger partial charge on any atom is 0.148 e. The largest absolute Gasteiger partial charge is 0.338 e. The molecule has 0 fully saturated rings. The van der Waals surface area contributed by atoms with Crippen LogP contribution < -0.4 is 16.6 Å². The summed E-state index contributed by atoms with van der Waals surface area (Å²) in [4.78, 5) is 8.48. The van der Waals surface area contributed by atoms with Gasteiger partial charge in [-0.1, -0.05) is 19.9 Å². The van der Waals surface area contributed by atoms with Gasteiger partial charge >= 0.3 is 0 Å². The van der Waals surface area contributed by atoms with Gasteiger partial charge in [0.1, 0.15) is 18.0 Å². The third-order valence-corrected chi connectivity index (χ3v) is 4.13. The predicted octanol–water partition coefficient (Wildman–Crippen LogP) is 4.15. The van der Waals surface area contributed by atoms with E-state index in [4.69, 9.17) is 5.84 Å². The minimum Gasteiger partial charge on any atom is -0.338 e. The van der Waals surface area contributed by atoms with Crippen LogP contribution in [-0.2, 0) is 0 Å². The van der Waals surface area contributed by atoms with Gasteiger partial charge in [-0.3, -0.25) is 0 Å². The number of nitrogens with two attached hydrogens (primary N) is 1. The van der Waals surface area contributed by atoms with Crippen LogP contribution in [0.4, 0.5) is 17.3 Å². The molecule has 0 unspecified atom stereocenters. The lowest BCUT2D eigenvalue weighted by atomic mass is 10.0. The fourth-order valence-electron chi connectivity index (χ4n) is 1.89. The first-order chi connectivity index (χ1) is 9.54. The van der Waals surface area contributed by atoms with Crippen molar-refractivity contribution < 1.29 is 0 Å². The van der Waals surface area contributed by atoms with Crippen LogP contribution in [0.25, 0.3) is 0 Å². The average Bonchev–Trinajstić information content (AvgIpc) is 2.42. The number of hydrazine groups is 1. The Labute approximate surface area is 134 Å². The van der Waals surface area contributed by atoms with Crippen LogP contribution in [0.5, 0.6) is 0 Å². The zero-order valence-corrected chi connectivity index (χ0v) is 14.3. The predicted molar refractivity (Wildman–Crippen MR) is 89.1 cm³/mol. The topological polar surface area (TPSA) is 75.9 Å². The summed E-state index contributed by atoms with van der Waals surface area (Å²) in [7, 11) is 0. The van der Waals surface area contributed by atoms with Gasteiger partial charge in [0.2, 0.25) is 0 Å². The maximum absolute atomic E-state index is 5.52. The zero-order valence-electron chi connectivity index (χ0n) is 11.1. The highest BCUT2D eigenvalue weighted by Crippen LogP contribution is 2.36. The van der Waals surface area contributed by atoms with E-state index in [9.17, 15) is 0 Å². The van der Waals surface area contributed by atoms with Gasteiger partial charge in [0.15, 0.2) is 0 Å². The lowest BCUT2D eigenvalue weighted by molar-refractivity contribution is 0.850. The Morgan fingerprint density at radius 3 is 2.25 bits per heavy atom. The van der Waals surface area contributed by atoms with Crippen molar-refractivity contribution in [1.29, 1.82) is 0 Å². The number of benzene rings is 1. The van der Waals surface area contributed by atoms with E-state index in [2.05, 4.69) is 66.4 Å². The second-order valence-corrected chi connectivity index (χ2v) is 6.21. The zero-order chi connectivity index (χ0) is 14.7. The Kier molecular flexibility index (Phi) is 4.95. The summed E-state index contributed by atoms with van der Waals surface area (Å²) in [6.45, 7) is 4.14. The molecule has 0 bridgehead atoms. The van der Waals surface area contributed by atoms with Crippen molar-refractivity contribution in [3.63, 3.8) is 0 Å². The first-order valence-electron chi connectivity index (χ1n) is 6.07. The number of nitrogens with zero attached hydrogens (tertiary/aromatic N) is 2. The molecular formula is C13H15Br2N5. The Bertz CT molecular complexity index is 595. The van der Waals surface area contributed by atoms with E-state index in [1.807, 2.05) is 18.2 Å². The molecule has 0 saturated heterocycles. The van der Waals surface area contributed by atoms with Crippen molar-refractivity contribution in [2.45, 2.75) is 19.8 Å². The molecule has 2 aromatic rings. The Morgan fingerprint density at radius 1 is 1.10 bits per heavy atom. The van der Waals surface area contributed by atoms with Crippen molar-refractivity contribution in [3.05, 3.63) is 39.0 Å². The Morgan fingerprint density at radius 2 is 1.70 bits per heavy atom. The van der Waals surface area contributed by atoms with E-state index in [0.717, 1.165) is 26.0 Å². The summed E-state index contributed by atoms with van der Waals surface area (Å²) < 4.78 is 1.89. The monoisotopic (exact) mass is 399 g/mol. The molecule has 20 heavy (non-hydrogen) atoms. The molecular weight excluding hydrogens is 386 g/mol. The van der Waals surface area contributed by atoms with E-state index in [1.54, 1.807) is 0 Å². The molecule has 0 aliphatic carbocycles. The molecule has 1 aromatic heterocycles. The maximum atomic E-state index is 5.52.